The van der Waals surface area contributed by atoms with Crippen molar-refractivity contribution in [3.05, 3.63) is 29.8 Å². The number of benzene rings is 1. The van der Waals surface area contributed by atoms with Gasteiger partial charge in [0.15, 0.2) is 6.10 Å². The Bertz CT molecular complexity index is 595. The largest absolute Gasteiger partial charge is 0.464 e. The fraction of sp³-hybridized carbons (Fsp3) is 0.588. The third-order valence-corrected chi connectivity index (χ3v) is 4.96. The fourth-order valence-corrected chi connectivity index (χ4v) is 3.53. The molecular weight excluding hydrogens is 316 g/mol. The van der Waals surface area contributed by atoms with Crippen molar-refractivity contribution in [2.75, 3.05) is 6.61 Å². The van der Waals surface area contributed by atoms with Gasteiger partial charge in [0.25, 0.3) is 10.1 Å². The highest BCUT2D eigenvalue weighted by atomic mass is 32.2. The Kier molecular flexibility index (Phi) is 8.26. The normalized spacial score (nSPS) is 12.8. The lowest BCUT2D eigenvalue weighted by Gasteiger charge is -2.17. The first-order valence-electron chi connectivity index (χ1n) is 8.08. The quantitative estimate of drug-likeness (QED) is 0.369. The van der Waals surface area contributed by atoms with Crippen molar-refractivity contribution in [3.63, 3.8) is 0 Å². The molecule has 0 bridgehead atoms. The maximum atomic E-state index is 12.4. The van der Waals surface area contributed by atoms with Gasteiger partial charge in [-0.25, -0.2) is 4.79 Å². The molecule has 1 atom stereocenters. The molecule has 130 valence electrons. The molecular formula is C17H26O5S. The molecule has 0 aliphatic carbocycles. The van der Waals surface area contributed by atoms with Crippen LogP contribution in [0.3, 0.4) is 0 Å². The van der Waals surface area contributed by atoms with Gasteiger partial charge in [0, 0.05) is 0 Å². The maximum absolute atomic E-state index is 12.4. The fourth-order valence-electron chi connectivity index (χ4n) is 2.24. The predicted octanol–water partition coefficient (Wildman–Crippen LogP) is 3.60. The second-order valence-electron chi connectivity index (χ2n) is 5.41. The summed E-state index contributed by atoms with van der Waals surface area (Å²) in [6.45, 7) is 5.65. The summed E-state index contributed by atoms with van der Waals surface area (Å²) >= 11 is 0. The minimum atomic E-state index is -4.00. The van der Waals surface area contributed by atoms with Crippen LogP contribution in [0.15, 0.2) is 29.2 Å². The summed E-state index contributed by atoms with van der Waals surface area (Å²) in [5.41, 5.74) is 0.584. The van der Waals surface area contributed by atoms with Gasteiger partial charge < -0.3 is 4.74 Å². The lowest BCUT2D eigenvalue weighted by Crippen LogP contribution is -2.29. The SMILES string of the molecule is CCCCCCC(OS(=O)(=O)c1ccccc1C)C(=O)OCC. The lowest BCUT2D eigenvalue weighted by molar-refractivity contribution is -0.151. The van der Waals surface area contributed by atoms with Crippen molar-refractivity contribution in [2.45, 2.75) is 63.9 Å². The standard InChI is InChI=1S/C17H26O5S/c1-4-6-7-8-12-15(17(18)21-5-2)22-23(19,20)16-13-10-9-11-14(16)3/h9-11,13,15H,4-8,12H2,1-3H3. The van der Waals surface area contributed by atoms with Crippen LogP contribution in [0.1, 0.15) is 51.5 Å². The molecule has 0 saturated heterocycles. The van der Waals surface area contributed by atoms with E-state index in [4.69, 9.17) is 8.92 Å². The Morgan fingerprint density at radius 1 is 1.13 bits per heavy atom. The monoisotopic (exact) mass is 342 g/mol. The molecule has 0 saturated carbocycles. The van der Waals surface area contributed by atoms with Crippen LogP contribution in [-0.4, -0.2) is 27.1 Å². The molecule has 1 unspecified atom stereocenters. The summed E-state index contributed by atoms with van der Waals surface area (Å²) in [6, 6.07) is 6.55. The van der Waals surface area contributed by atoms with E-state index in [2.05, 4.69) is 6.92 Å². The number of esters is 1. The van der Waals surface area contributed by atoms with E-state index in [9.17, 15) is 13.2 Å². The van der Waals surface area contributed by atoms with Gasteiger partial charge in [-0.1, -0.05) is 50.8 Å². The van der Waals surface area contributed by atoms with Gasteiger partial charge in [0.1, 0.15) is 0 Å². The summed E-state index contributed by atoms with van der Waals surface area (Å²) < 4.78 is 35.0. The second-order valence-corrected chi connectivity index (χ2v) is 6.95. The summed E-state index contributed by atoms with van der Waals surface area (Å²) in [6.07, 6.45) is 3.01. The van der Waals surface area contributed by atoms with E-state index in [1.807, 2.05) is 0 Å². The van der Waals surface area contributed by atoms with Gasteiger partial charge in [-0.05, 0) is 31.9 Å². The highest BCUT2D eigenvalue weighted by Gasteiger charge is 2.29. The number of rotatable bonds is 10. The Morgan fingerprint density at radius 2 is 1.83 bits per heavy atom. The molecule has 0 fully saturated rings. The van der Waals surface area contributed by atoms with E-state index in [1.165, 1.54) is 6.07 Å². The summed E-state index contributed by atoms with van der Waals surface area (Å²) in [5, 5.41) is 0. The molecule has 1 aromatic carbocycles. The topological polar surface area (TPSA) is 69.7 Å². The van der Waals surface area contributed by atoms with Crippen LogP contribution in [0.2, 0.25) is 0 Å². The van der Waals surface area contributed by atoms with Crippen LogP contribution >= 0.6 is 0 Å². The Hall–Kier alpha value is -1.40. The molecule has 6 heteroatoms. The van der Waals surface area contributed by atoms with Crippen molar-refractivity contribution in [1.29, 1.82) is 0 Å². The molecule has 0 radical (unpaired) electrons. The highest BCUT2D eigenvalue weighted by Crippen LogP contribution is 2.21. The zero-order valence-electron chi connectivity index (χ0n) is 14.1. The first-order chi connectivity index (χ1) is 10.9. The molecule has 5 nitrogen and oxygen atoms in total. The van der Waals surface area contributed by atoms with Crippen LogP contribution in [0.25, 0.3) is 0 Å². The summed E-state index contributed by atoms with van der Waals surface area (Å²) in [4.78, 5) is 12.1. The predicted molar refractivity (Wildman–Crippen MR) is 88.6 cm³/mol. The van der Waals surface area contributed by atoms with Gasteiger partial charge in [-0.15, -0.1) is 0 Å². The zero-order chi connectivity index (χ0) is 17.3. The molecule has 0 aromatic heterocycles. The number of aryl methyl sites for hydroxylation is 1. The minimum absolute atomic E-state index is 0.0860. The smallest absolute Gasteiger partial charge is 0.336 e. The van der Waals surface area contributed by atoms with Crippen LogP contribution in [0, 0.1) is 6.92 Å². The van der Waals surface area contributed by atoms with Gasteiger partial charge in [-0.2, -0.15) is 8.42 Å². The highest BCUT2D eigenvalue weighted by molar-refractivity contribution is 7.86. The van der Waals surface area contributed by atoms with E-state index < -0.39 is 22.2 Å². The van der Waals surface area contributed by atoms with Crippen molar-refractivity contribution in [3.8, 4) is 0 Å². The average Bonchev–Trinajstić information content (AvgIpc) is 2.50. The van der Waals surface area contributed by atoms with Crippen molar-refractivity contribution in [2.24, 2.45) is 0 Å². The first kappa shape index (κ1) is 19.6. The number of unbranched alkanes of at least 4 members (excludes halogenated alkanes) is 3. The number of carbonyl (C=O) groups excluding carboxylic acids is 1. The van der Waals surface area contributed by atoms with Crippen LogP contribution in [-0.2, 0) is 23.8 Å². The lowest BCUT2D eigenvalue weighted by atomic mass is 10.1. The molecule has 1 aromatic rings. The van der Waals surface area contributed by atoms with Crippen molar-refractivity contribution >= 4 is 16.1 Å². The van der Waals surface area contributed by atoms with E-state index >= 15 is 0 Å². The van der Waals surface area contributed by atoms with Crippen molar-refractivity contribution in [1.82, 2.24) is 0 Å². The third-order valence-electron chi connectivity index (χ3n) is 3.48. The van der Waals surface area contributed by atoms with Crippen LogP contribution in [0.5, 0.6) is 0 Å². The molecule has 0 aliphatic heterocycles. The van der Waals surface area contributed by atoms with Gasteiger partial charge in [-0.3, -0.25) is 4.18 Å². The Labute approximate surface area is 139 Å². The molecule has 23 heavy (non-hydrogen) atoms. The number of hydrogen-bond acceptors (Lipinski definition) is 5. The van der Waals surface area contributed by atoms with E-state index in [0.29, 0.717) is 12.0 Å². The Morgan fingerprint density at radius 3 is 2.43 bits per heavy atom. The van der Waals surface area contributed by atoms with Crippen LogP contribution < -0.4 is 0 Å². The Balaban J connectivity index is 2.86. The van der Waals surface area contributed by atoms with Gasteiger partial charge in [0.2, 0.25) is 0 Å². The number of carbonyl (C=O) groups is 1. The third kappa shape index (κ3) is 6.31. The molecule has 0 spiro atoms. The van der Waals surface area contributed by atoms with E-state index in [1.54, 1.807) is 32.0 Å². The summed E-state index contributed by atoms with van der Waals surface area (Å²) in [5.74, 6) is -0.624. The molecule has 0 N–H and O–H groups in total. The van der Waals surface area contributed by atoms with E-state index in [0.717, 1.165) is 25.7 Å². The van der Waals surface area contributed by atoms with E-state index in [-0.39, 0.29) is 11.5 Å². The molecule has 1 rings (SSSR count). The molecule has 0 aliphatic rings. The molecule has 0 amide bonds. The van der Waals surface area contributed by atoms with Crippen LogP contribution in [0.4, 0.5) is 0 Å². The first-order valence-corrected chi connectivity index (χ1v) is 9.48. The zero-order valence-corrected chi connectivity index (χ0v) is 14.9. The minimum Gasteiger partial charge on any atom is -0.464 e. The average molecular weight is 342 g/mol. The number of hydrogen-bond donors (Lipinski definition) is 0. The van der Waals surface area contributed by atoms with Crippen molar-refractivity contribution < 1.29 is 22.1 Å². The van der Waals surface area contributed by atoms with Gasteiger partial charge in [0.05, 0.1) is 11.5 Å². The van der Waals surface area contributed by atoms with Gasteiger partial charge >= 0.3 is 5.97 Å². The number of ether oxygens (including phenoxy) is 1. The maximum Gasteiger partial charge on any atom is 0.336 e. The molecule has 0 heterocycles. The summed E-state index contributed by atoms with van der Waals surface area (Å²) in [7, 11) is -4.00. The second kappa shape index (κ2) is 9.67.